The minimum absolute atomic E-state index is 0.203. The zero-order chi connectivity index (χ0) is 21.7. The molecular formula is C24H24Br2NOPS. The third-order valence-electron chi connectivity index (χ3n) is 5.42. The van der Waals surface area contributed by atoms with Gasteiger partial charge in [0.15, 0.2) is 0 Å². The largest absolute Gasteiger partial charge is 0.460 e. The van der Waals surface area contributed by atoms with E-state index >= 15 is 0 Å². The molecule has 6 heteroatoms. The number of fused-ring (bicyclic) bond motifs is 3. The summed E-state index contributed by atoms with van der Waals surface area (Å²) in [6.07, 6.45) is -2.42. The molecule has 0 spiro atoms. The standard InChI is InChI=1S/C24H24Br2NOPS/c1-5-27-21-9-7-6-8-18(21)19-15-17(11-12-22(19)27)29(30,24(2,3)4)28-23-13-10-16(25)14-20(23)26/h6-15H,5H2,1-4H3/t29-/m1/s1. The first-order chi connectivity index (χ1) is 14.2. The van der Waals surface area contributed by atoms with Crippen LogP contribution in [0.4, 0.5) is 0 Å². The quantitative estimate of drug-likeness (QED) is 0.232. The fourth-order valence-electron chi connectivity index (χ4n) is 3.83. The van der Waals surface area contributed by atoms with E-state index in [1.54, 1.807) is 0 Å². The highest BCUT2D eigenvalue weighted by Gasteiger charge is 2.37. The van der Waals surface area contributed by atoms with Gasteiger partial charge >= 0.3 is 0 Å². The summed E-state index contributed by atoms with van der Waals surface area (Å²) in [5.41, 5.74) is 2.50. The molecule has 2 nitrogen and oxygen atoms in total. The van der Waals surface area contributed by atoms with Gasteiger partial charge in [0.1, 0.15) is 12.0 Å². The van der Waals surface area contributed by atoms with Gasteiger partial charge in [0, 0.05) is 43.3 Å². The average Bonchev–Trinajstić information content (AvgIpc) is 3.02. The molecule has 0 aliphatic carbocycles. The van der Waals surface area contributed by atoms with Gasteiger partial charge in [-0.25, -0.2) is 0 Å². The van der Waals surface area contributed by atoms with Crippen LogP contribution in [0.1, 0.15) is 27.7 Å². The van der Waals surface area contributed by atoms with Gasteiger partial charge in [0.05, 0.1) is 4.47 Å². The van der Waals surface area contributed by atoms with Crippen LogP contribution in [0, 0.1) is 0 Å². The van der Waals surface area contributed by atoms with E-state index in [0.29, 0.717) is 0 Å². The first-order valence-electron chi connectivity index (χ1n) is 9.92. The normalized spacial score (nSPS) is 14.2. The monoisotopic (exact) mass is 563 g/mol. The third-order valence-corrected chi connectivity index (χ3v) is 12.2. The van der Waals surface area contributed by atoms with Crippen molar-refractivity contribution in [2.75, 3.05) is 0 Å². The van der Waals surface area contributed by atoms with Crippen molar-refractivity contribution >= 4 is 77.0 Å². The summed E-state index contributed by atoms with van der Waals surface area (Å²) in [6, 6.07) is 21.2. The van der Waals surface area contributed by atoms with Crippen molar-refractivity contribution in [2.24, 2.45) is 0 Å². The van der Waals surface area contributed by atoms with Crippen molar-refractivity contribution in [1.82, 2.24) is 4.57 Å². The van der Waals surface area contributed by atoms with Gasteiger partial charge in [-0.1, -0.05) is 54.9 Å². The molecule has 4 aromatic rings. The molecule has 1 aromatic heterocycles. The molecule has 1 heterocycles. The Morgan fingerprint density at radius 1 is 0.933 bits per heavy atom. The van der Waals surface area contributed by atoms with Crippen LogP contribution in [-0.2, 0) is 18.4 Å². The number of hydrogen-bond donors (Lipinski definition) is 0. The van der Waals surface area contributed by atoms with E-state index in [-0.39, 0.29) is 5.16 Å². The lowest BCUT2D eigenvalue weighted by molar-refractivity contribution is 0.577. The topological polar surface area (TPSA) is 14.2 Å². The van der Waals surface area contributed by atoms with Crippen molar-refractivity contribution in [1.29, 1.82) is 0 Å². The number of hydrogen-bond acceptors (Lipinski definition) is 2. The van der Waals surface area contributed by atoms with E-state index in [0.717, 1.165) is 26.5 Å². The Labute approximate surface area is 200 Å². The summed E-state index contributed by atoms with van der Waals surface area (Å²) in [7, 11) is 0. The molecule has 0 bridgehead atoms. The number of benzene rings is 3. The summed E-state index contributed by atoms with van der Waals surface area (Å²) < 4.78 is 10.9. The van der Waals surface area contributed by atoms with Gasteiger partial charge in [-0.3, -0.25) is 0 Å². The van der Waals surface area contributed by atoms with Gasteiger partial charge in [0.2, 0.25) is 0 Å². The van der Waals surface area contributed by atoms with Crippen LogP contribution >= 0.6 is 38.1 Å². The lowest BCUT2D eigenvalue weighted by Gasteiger charge is -2.35. The molecule has 156 valence electrons. The minimum atomic E-state index is -2.42. The van der Waals surface area contributed by atoms with Gasteiger partial charge in [-0.15, -0.1) is 0 Å². The second-order valence-electron chi connectivity index (χ2n) is 8.35. The Hall–Kier alpha value is -1.13. The second kappa shape index (κ2) is 8.09. The highest BCUT2D eigenvalue weighted by atomic mass is 79.9. The Bertz CT molecular complexity index is 1310. The summed E-state index contributed by atoms with van der Waals surface area (Å²) in [5.74, 6) is 0.785. The number of aromatic nitrogens is 1. The van der Waals surface area contributed by atoms with Crippen LogP contribution in [0.25, 0.3) is 21.8 Å². The maximum Gasteiger partial charge on any atom is 0.148 e. The van der Waals surface area contributed by atoms with Gasteiger partial charge < -0.3 is 9.09 Å². The molecular weight excluding hydrogens is 541 g/mol. The number of halogens is 2. The molecule has 30 heavy (non-hydrogen) atoms. The minimum Gasteiger partial charge on any atom is -0.460 e. The van der Waals surface area contributed by atoms with Gasteiger partial charge in [-0.05, 0) is 77.1 Å². The predicted molar refractivity (Wildman–Crippen MR) is 141 cm³/mol. The molecule has 0 N–H and O–H groups in total. The number of nitrogens with zero attached hydrogens (tertiary/aromatic N) is 1. The van der Waals surface area contributed by atoms with E-state index in [9.17, 15) is 0 Å². The molecule has 0 unspecified atom stereocenters. The molecule has 0 aliphatic heterocycles. The van der Waals surface area contributed by atoms with Crippen LogP contribution in [0.5, 0.6) is 5.75 Å². The van der Waals surface area contributed by atoms with Gasteiger partial charge in [-0.2, -0.15) is 0 Å². The number of aryl methyl sites for hydroxylation is 1. The molecule has 0 saturated heterocycles. The summed E-state index contributed by atoms with van der Waals surface area (Å²) >= 11 is 13.5. The van der Waals surface area contributed by atoms with Crippen molar-refractivity contribution in [2.45, 2.75) is 39.4 Å². The van der Waals surface area contributed by atoms with Crippen LogP contribution < -0.4 is 9.83 Å². The van der Waals surface area contributed by atoms with Crippen LogP contribution in [0.15, 0.2) is 69.6 Å². The second-order valence-corrected chi connectivity index (χ2v) is 14.8. The van der Waals surface area contributed by atoms with E-state index < -0.39 is 6.26 Å². The third kappa shape index (κ3) is 3.68. The summed E-state index contributed by atoms with van der Waals surface area (Å²) in [5, 5.41) is 3.40. The highest BCUT2D eigenvalue weighted by Crippen LogP contribution is 2.58. The predicted octanol–water partition coefficient (Wildman–Crippen LogP) is 8.24. The molecule has 0 radical (unpaired) electrons. The Morgan fingerprint density at radius 3 is 2.30 bits per heavy atom. The fraction of sp³-hybridized carbons (Fsp3) is 0.250. The van der Waals surface area contributed by atoms with Crippen LogP contribution in [0.3, 0.4) is 0 Å². The Kier molecular flexibility index (Phi) is 5.95. The SMILES string of the molecule is CCn1c2ccccc2c2cc([P@](=S)(Oc3ccc(Br)cc3Br)C(C)(C)C)ccc21. The summed E-state index contributed by atoms with van der Waals surface area (Å²) in [4.78, 5) is 0. The molecule has 4 rings (SSSR count). The van der Waals surface area contributed by atoms with Gasteiger partial charge in [0.25, 0.3) is 0 Å². The van der Waals surface area contributed by atoms with Crippen LogP contribution in [0.2, 0.25) is 0 Å². The first-order valence-corrected chi connectivity index (χ1v) is 14.2. The zero-order valence-corrected chi connectivity index (χ0v) is 22.3. The molecule has 0 fully saturated rings. The van der Waals surface area contributed by atoms with E-state index in [4.69, 9.17) is 16.3 Å². The molecule has 1 atom stereocenters. The van der Waals surface area contributed by atoms with E-state index in [1.807, 2.05) is 18.2 Å². The molecule has 3 aromatic carbocycles. The lowest BCUT2D eigenvalue weighted by atomic mass is 10.1. The first kappa shape index (κ1) is 22.1. The fourth-order valence-corrected chi connectivity index (χ4v) is 7.82. The maximum atomic E-state index is 6.68. The Morgan fingerprint density at radius 2 is 1.63 bits per heavy atom. The number of rotatable bonds is 4. The van der Waals surface area contributed by atoms with Crippen molar-refractivity contribution in [3.8, 4) is 5.75 Å². The zero-order valence-electron chi connectivity index (χ0n) is 17.4. The van der Waals surface area contributed by atoms with Crippen molar-refractivity contribution in [3.63, 3.8) is 0 Å². The smallest absolute Gasteiger partial charge is 0.148 e. The highest BCUT2D eigenvalue weighted by molar-refractivity contribution is 9.11. The van der Waals surface area contributed by atoms with Crippen LogP contribution in [-0.4, -0.2) is 9.72 Å². The molecule has 0 amide bonds. The lowest BCUT2D eigenvalue weighted by Crippen LogP contribution is -2.26. The Balaban J connectivity index is 1.94. The molecule has 0 saturated carbocycles. The van der Waals surface area contributed by atoms with E-state index in [2.05, 4.69) is 107 Å². The van der Waals surface area contributed by atoms with Crippen molar-refractivity contribution < 1.29 is 4.52 Å². The van der Waals surface area contributed by atoms with E-state index in [1.165, 1.54) is 21.8 Å². The summed E-state index contributed by atoms with van der Waals surface area (Å²) in [6.45, 7) is 9.66. The van der Waals surface area contributed by atoms with Crippen molar-refractivity contribution in [3.05, 3.63) is 69.6 Å². The molecule has 0 aliphatic rings. The number of para-hydroxylation sites is 1. The maximum absolute atomic E-state index is 6.68. The average molecular weight is 565 g/mol.